The SMILES string of the molecule is CCN(CC)S(=O)(=O)c1cc(NC(=O)[C@@H]2CCCN2c2ncnc3ccccc23)ccc1C. The molecule has 33 heavy (non-hydrogen) atoms. The van der Waals surface area contributed by atoms with E-state index in [1.165, 1.54) is 10.6 Å². The van der Waals surface area contributed by atoms with E-state index in [1.807, 2.05) is 43.0 Å². The van der Waals surface area contributed by atoms with Gasteiger partial charge in [-0.25, -0.2) is 18.4 Å². The van der Waals surface area contributed by atoms with Gasteiger partial charge in [-0.1, -0.05) is 32.0 Å². The van der Waals surface area contributed by atoms with E-state index in [0.717, 1.165) is 23.1 Å². The Hall–Kier alpha value is -3.04. The number of carbonyl (C=O) groups is 1. The van der Waals surface area contributed by atoms with Gasteiger partial charge < -0.3 is 10.2 Å². The van der Waals surface area contributed by atoms with Gasteiger partial charge in [0.2, 0.25) is 15.9 Å². The molecule has 2 aromatic carbocycles. The summed E-state index contributed by atoms with van der Waals surface area (Å²) in [6, 6.07) is 12.4. The van der Waals surface area contributed by atoms with Crippen molar-refractivity contribution >= 4 is 38.3 Å². The lowest BCUT2D eigenvalue weighted by atomic mass is 10.1. The Morgan fingerprint density at radius 1 is 1.15 bits per heavy atom. The highest BCUT2D eigenvalue weighted by Crippen LogP contribution is 2.30. The van der Waals surface area contributed by atoms with Crippen molar-refractivity contribution in [2.24, 2.45) is 0 Å². The van der Waals surface area contributed by atoms with Gasteiger partial charge in [-0.2, -0.15) is 4.31 Å². The van der Waals surface area contributed by atoms with Gasteiger partial charge in [-0.15, -0.1) is 0 Å². The number of rotatable bonds is 7. The van der Waals surface area contributed by atoms with Crippen molar-refractivity contribution in [2.45, 2.75) is 44.6 Å². The number of carbonyl (C=O) groups excluding carboxylic acids is 1. The number of sulfonamides is 1. The Balaban J connectivity index is 1.61. The molecule has 0 radical (unpaired) electrons. The van der Waals surface area contributed by atoms with Gasteiger partial charge in [-0.3, -0.25) is 4.79 Å². The number of hydrogen-bond donors (Lipinski definition) is 1. The molecule has 1 N–H and O–H groups in total. The Morgan fingerprint density at radius 3 is 2.67 bits per heavy atom. The third-order valence-corrected chi connectivity index (χ3v) is 8.32. The number of anilines is 2. The maximum Gasteiger partial charge on any atom is 0.247 e. The fourth-order valence-electron chi connectivity index (χ4n) is 4.40. The smallest absolute Gasteiger partial charge is 0.247 e. The van der Waals surface area contributed by atoms with E-state index in [4.69, 9.17) is 0 Å². The van der Waals surface area contributed by atoms with Gasteiger partial charge >= 0.3 is 0 Å². The van der Waals surface area contributed by atoms with Crippen molar-refractivity contribution in [1.29, 1.82) is 0 Å². The molecule has 1 amide bonds. The van der Waals surface area contributed by atoms with Crippen molar-refractivity contribution in [3.8, 4) is 0 Å². The van der Waals surface area contributed by atoms with Crippen LogP contribution in [0.1, 0.15) is 32.3 Å². The third kappa shape index (κ3) is 4.43. The van der Waals surface area contributed by atoms with Gasteiger partial charge in [0.1, 0.15) is 18.2 Å². The van der Waals surface area contributed by atoms with Crippen LogP contribution in [0.2, 0.25) is 0 Å². The monoisotopic (exact) mass is 467 g/mol. The number of benzene rings is 2. The highest BCUT2D eigenvalue weighted by atomic mass is 32.2. The molecule has 1 fully saturated rings. The number of hydrogen-bond acceptors (Lipinski definition) is 6. The van der Waals surface area contributed by atoms with E-state index >= 15 is 0 Å². The quantitative estimate of drug-likeness (QED) is 0.571. The maximum absolute atomic E-state index is 13.3. The molecule has 1 atom stereocenters. The molecule has 1 saturated heterocycles. The van der Waals surface area contributed by atoms with Gasteiger partial charge in [-0.05, 0) is 49.6 Å². The van der Waals surface area contributed by atoms with Crippen LogP contribution < -0.4 is 10.2 Å². The van der Waals surface area contributed by atoms with Crippen LogP contribution in [0, 0.1) is 6.92 Å². The number of para-hydroxylation sites is 1. The second kappa shape index (κ2) is 9.44. The van der Waals surface area contributed by atoms with Gasteiger partial charge in [0.25, 0.3) is 0 Å². The lowest BCUT2D eigenvalue weighted by molar-refractivity contribution is -0.117. The first-order chi connectivity index (χ1) is 15.9. The normalized spacial score (nSPS) is 16.5. The van der Waals surface area contributed by atoms with E-state index in [2.05, 4.69) is 15.3 Å². The van der Waals surface area contributed by atoms with Crippen LogP contribution in [0.25, 0.3) is 10.9 Å². The van der Waals surface area contributed by atoms with Crippen molar-refractivity contribution in [2.75, 3.05) is 29.9 Å². The number of nitrogens with zero attached hydrogens (tertiary/aromatic N) is 4. The number of amides is 1. The Bertz CT molecular complexity index is 1270. The fourth-order valence-corrected chi connectivity index (χ4v) is 6.11. The number of nitrogens with one attached hydrogen (secondary N) is 1. The van der Waals surface area contributed by atoms with Crippen LogP contribution in [-0.2, 0) is 14.8 Å². The van der Waals surface area contributed by atoms with Crippen LogP contribution in [0.5, 0.6) is 0 Å². The topological polar surface area (TPSA) is 95.5 Å². The zero-order valence-corrected chi connectivity index (χ0v) is 20.0. The summed E-state index contributed by atoms with van der Waals surface area (Å²) < 4.78 is 27.5. The molecule has 1 aliphatic rings. The molecular weight excluding hydrogens is 438 g/mol. The van der Waals surface area contributed by atoms with Crippen molar-refractivity contribution in [1.82, 2.24) is 14.3 Å². The van der Waals surface area contributed by atoms with Crippen LogP contribution >= 0.6 is 0 Å². The average Bonchev–Trinajstić information content (AvgIpc) is 3.30. The molecule has 174 valence electrons. The second-order valence-corrected chi connectivity index (χ2v) is 10.0. The highest BCUT2D eigenvalue weighted by molar-refractivity contribution is 7.89. The van der Waals surface area contributed by atoms with Gasteiger partial charge in [0.15, 0.2) is 0 Å². The summed E-state index contributed by atoms with van der Waals surface area (Å²) in [6.45, 7) is 6.88. The van der Waals surface area contributed by atoms with Crippen molar-refractivity contribution < 1.29 is 13.2 Å². The summed E-state index contributed by atoms with van der Waals surface area (Å²) >= 11 is 0. The first-order valence-corrected chi connectivity index (χ1v) is 12.7. The minimum Gasteiger partial charge on any atom is -0.344 e. The van der Waals surface area contributed by atoms with Crippen LogP contribution in [0.3, 0.4) is 0 Å². The lowest BCUT2D eigenvalue weighted by Gasteiger charge is -2.26. The number of aryl methyl sites for hydroxylation is 1. The molecule has 2 heterocycles. The summed E-state index contributed by atoms with van der Waals surface area (Å²) in [5, 5.41) is 3.84. The molecule has 1 aliphatic heterocycles. The third-order valence-electron chi connectivity index (χ3n) is 6.13. The summed E-state index contributed by atoms with van der Waals surface area (Å²) in [7, 11) is -3.63. The Morgan fingerprint density at radius 2 is 1.91 bits per heavy atom. The predicted octanol–water partition coefficient (Wildman–Crippen LogP) is 3.58. The van der Waals surface area contributed by atoms with Crippen LogP contribution in [0.15, 0.2) is 53.7 Å². The summed E-state index contributed by atoms with van der Waals surface area (Å²) in [6.07, 6.45) is 3.09. The largest absolute Gasteiger partial charge is 0.344 e. The minimum atomic E-state index is -3.63. The van der Waals surface area contributed by atoms with E-state index in [0.29, 0.717) is 37.3 Å². The summed E-state index contributed by atoms with van der Waals surface area (Å²) in [5.74, 6) is 0.567. The molecule has 0 spiro atoms. The molecule has 9 heteroatoms. The van der Waals surface area contributed by atoms with E-state index in [1.54, 1.807) is 25.1 Å². The first kappa shape index (κ1) is 23.1. The molecule has 1 aromatic heterocycles. The minimum absolute atomic E-state index is 0.176. The number of fused-ring (bicyclic) bond motifs is 1. The Kier molecular flexibility index (Phi) is 6.62. The van der Waals surface area contributed by atoms with Crippen LogP contribution in [-0.4, -0.2) is 54.3 Å². The predicted molar refractivity (Wildman–Crippen MR) is 130 cm³/mol. The molecule has 4 rings (SSSR count). The summed E-state index contributed by atoms with van der Waals surface area (Å²) in [4.78, 5) is 24.3. The summed E-state index contributed by atoms with van der Waals surface area (Å²) in [5.41, 5.74) is 1.95. The molecule has 8 nitrogen and oxygen atoms in total. The van der Waals surface area contributed by atoms with E-state index in [9.17, 15) is 13.2 Å². The molecule has 0 bridgehead atoms. The zero-order chi connectivity index (χ0) is 23.6. The van der Waals surface area contributed by atoms with E-state index < -0.39 is 16.1 Å². The van der Waals surface area contributed by atoms with Crippen molar-refractivity contribution in [3.05, 3.63) is 54.4 Å². The van der Waals surface area contributed by atoms with Gasteiger partial charge in [0.05, 0.1) is 10.4 Å². The lowest BCUT2D eigenvalue weighted by Crippen LogP contribution is -2.40. The molecular formula is C24H29N5O3S. The maximum atomic E-state index is 13.3. The fraction of sp³-hybridized carbons (Fsp3) is 0.375. The van der Waals surface area contributed by atoms with E-state index in [-0.39, 0.29) is 10.8 Å². The zero-order valence-electron chi connectivity index (χ0n) is 19.2. The average molecular weight is 468 g/mol. The second-order valence-electron chi connectivity index (χ2n) is 8.12. The standard InChI is InChI=1S/C24H29N5O3S/c1-4-28(5-2)33(31,32)22-15-18(13-12-17(22)3)27-24(30)21-11-8-14-29(21)23-19-9-6-7-10-20(19)25-16-26-23/h6-7,9-10,12-13,15-16,21H,4-5,8,11,14H2,1-3H3,(H,27,30)/t21-/m0/s1. The van der Waals surface area contributed by atoms with Crippen LogP contribution in [0.4, 0.5) is 11.5 Å². The molecule has 0 aliphatic carbocycles. The van der Waals surface area contributed by atoms with Gasteiger partial charge in [0, 0.05) is 30.7 Å². The van der Waals surface area contributed by atoms with Crippen molar-refractivity contribution in [3.63, 3.8) is 0 Å². The Labute approximate surface area is 194 Å². The molecule has 0 saturated carbocycles. The molecule has 3 aromatic rings. The first-order valence-electron chi connectivity index (χ1n) is 11.2. The highest BCUT2D eigenvalue weighted by Gasteiger charge is 2.33. The molecule has 0 unspecified atom stereocenters. The number of aromatic nitrogens is 2.